The molecule has 0 radical (unpaired) electrons. The summed E-state index contributed by atoms with van der Waals surface area (Å²) in [5, 5.41) is 1.62. The highest BCUT2D eigenvalue weighted by atomic mass is 35.5. The summed E-state index contributed by atoms with van der Waals surface area (Å²) < 4.78 is 11.8. The van der Waals surface area contributed by atoms with Crippen LogP contribution in [-0.4, -0.2) is 12.7 Å². The normalized spacial score (nSPS) is 20.3. The molecule has 0 aliphatic heterocycles. The molecule has 114 valence electrons. The third-order valence-electron chi connectivity index (χ3n) is 4.74. The van der Waals surface area contributed by atoms with Gasteiger partial charge in [0.2, 0.25) is 0 Å². The van der Waals surface area contributed by atoms with Crippen molar-refractivity contribution >= 4 is 22.6 Å². The second kappa shape index (κ2) is 5.99. The topological polar surface area (TPSA) is 48.4 Å². The predicted molar refractivity (Wildman–Crippen MR) is 85.6 cm³/mol. The van der Waals surface area contributed by atoms with Crippen LogP contribution < -0.4 is 5.73 Å². The van der Waals surface area contributed by atoms with Gasteiger partial charge in [-0.2, -0.15) is 0 Å². The van der Waals surface area contributed by atoms with E-state index in [9.17, 15) is 0 Å². The third kappa shape index (κ3) is 2.70. The van der Waals surface area contributed by atoms with Gasteiger partial charge in [0.25, 0.3) is 0 Å². The minimum Gasteiger partial charge on any atom is -0.458 e. The minimum absolute atomic E-state index is 0.260. The summed E-state index contributed by atoms with van der Waals surface area (Å²) in [5.41, 5.74) is 6.93. The van der Waals surface area contributed by atoms with Gasteiger partial charge in [0.15, 0.2) is 5.58 Å². The first-order chi connectivity index (χ1) is 10.2. The Morgan fingerprint density at radius 2 is 1.95 bits per heavy atom. The summed E-state index contributed by atoms with van der Waals surface area (Å²) in [6.45, 7) is 0. The van der Waals surface area contributed by atoms with E-state index in [1.165, 1.54) is 12.8 Å². The van der Waals surface area contributed by atoms with Crippen molar-refractivity contribution in [1.82, 2.24) is 0 Å². The van der Waals surface area contributed by atoms with E-state index in [0.29, 0.717) is 10.6 Å². The smallest absolute Gasteiger partial charge is 0.152 e. The van der Waals surface area contributed by atoms with Crippen molar-refractivity contribution in [3.8, 4) is 0 Å². The van der Waals surface area contributed by atoms with Crippen LogP contribution >= 0.6 is 11.6 Å². The number of methoxy groups -OCH3 is 1. The average molecular weight is 308 g/mol. The maximum atomic E-state index is 6.54. The molecular weight excluding hydrogens is 286 g/mol. The SMILES string of the molecule is COC1(C(N)c2cc3cccc(Cl)c3o2)CCCCCC1. The molecule has 1 heterocycles. The lowest BCUT2D eigenvalue weighted by atomic mass is 9.85. The van der Waals surface area contributed by atoms with E-state index < -0.39 is 0 Å². The number of benzene rings is 1. The first-order valence-corrected chi connectivity index (χ1v) is 8.03. The standard InChI is InChI=1S/C17H22ClNO2/c1-20-17(9-4-2-3-5-10-17)16(19)14-11-12-7-6-8-13(18)15(12)21-14/h6-8,11,16H,2-5,9-10,19H2,1H3. The van der Waals surface area contributed by atoms with Crippen LogP contribution in [0, 0.1) is 0 Å². The summed E-state index contributed by atoms with van der Waals surface area (Å²) in [5.74, 6) is 0.766. The molecule has 0 saturated heterocycles. The number of rotatable bonds is 3. The molecule has 1 aliphatic rings. The number of nitrogens with two attached hydrogens (primary N) is 1. The van der Waals surface area contributed by atoms with Crippen LogP contribution in [-0.2, 0) is 4.74 Å². The summed E-state index contributed by atoms with van der Waals surface area (Å²) in [7, 11) is 1.76. The van der Waals surface area contributed by atoms with Gasteiger partial charge in [0, 0.05) is 12.5 Å². The monoisotopic (exact) mass is 307 g/mol. The van der Waals surface area contributed by atoms with Crippen molar-refractivity contribution in [2.45, 2.75) is 50.2 Å². The molecule has 21 heavy (non-hydrogen) atoms. The zero-order valence-corrected chi connectivity index (χ0v) is 13.2. The van der Waals surface area contributed by atoms with Crippen LogP contribution in [0.2, 0.25) is 5.02 Å². The van der Waals surface area contributed by atoms with Crippen LogP contribution in [0.15, 0.2) is 28.7 Å². The highest BCUT2D eigenvalue weighted by Gasteiger charge is 2.39. The molecule has 4 heteroatoms. The minimum atomic E-state index is -0.323. The Morgan fingerprint density at radius 3 is 2.57 bits per heavy atom. The molecule has 2 aromatic rings. The van der Waals surface area contributed by atoms with E-state index in [1.54, 1.807) is 7.11 Å². The lowest BCUT2D eigenvalue weighted by Crippen LogP contribution is -2.42. The zero-order valence-electron chi connectivity index (χ0n) is 12.4. The van der Waals surface area contributed by atoms with E-state index in [2.05, 4.69) is 0 Å². The molecule has 1 atom stereocenters. The van der Waals surface area contributed by atoms with Crippen molar-refractivity contribution in [3.05, 3.63) is 35.0 Å². The maximum Gasteiger partial charge on any atom is 0.152 e. The molecule has 0 spiro atoms. The predicted octanol–water partition coefficient (Wildman–Crippen LogP) is 4.83. The number of ether oxygens (including phenoxy) is 1. The molecule has 3 rings (SSSR count). The third-order valence-corrected chi connectivity index (χ3v) is 5.04. The molecule has 1 aromatic heterocycles. The Hall–Kier alpha value is -1.03. The van der Waals surface area contributed by atoms with Gasteiger partial charge in [0.05, 0.1) is 16.7 Å². The molecule has 0 amide bonds. The molecule has 1 unspecified atom stereocenters. The van der Waals surface area contributed by atoms with Gasteiger partial charge in [-0.15, -0.1) is 0 Å². The number of halogens is 1. The van der Waals surface area contributed by atoms with Gasteiger partial charge in [-0.1, -0.05) is 49.4 Å². The molecule has 3 nitrogen and oxygen atoms in total. The fraction of sp³-hybridized carbons (Fsp3) is 0.529. The van der Waals surface area contributed by atoms with Crippen LogP contribution in [0.1, 0.15) is 50.3 Å². The molecule has 2 N–H and O–H groups in total. The van der Waals surface area contributed by atoms with E-state index >= 15 is 0 Å². The van der Waals surface area contributed by atoms with Crippen LogP contribution in [0.3, 0.4) is 0 Å². The lowest BCUT2D eigenvalue weighted by Gasteiger charge is -2.36. The Balaban J connectivity index is 1.97. The summed E-state index contributed by atoms with van der Waals surface area (Å²) >= 11 is 6.19. The molecule has 1 aliphatic carbocycles. The van der Waals surface area contributed by atoms with Gasteiger partial charge in [0.1, 0.15) is 5.76 Å². The van der Waals surface area contributed by atoms with E-state index in [0.717, 1.165) is 36.8 Å². The number of hydrogen-bond donors (Lipinski definition) is 1. The van der Waals surface area contributed by atoms with Crippen molar-refractivity contribution in [2.24, 2.45) is 5.73 Å². The lowest BCUT2D eigenvalue weighted by molar-refractivity contribution is -0.0484. The summed E-state index contributed by atoms with van der Waals surface area (Å²) in [6.07, 6.45) is 6.78. The molecule has 1 saturated carbocycles. The Kier molecular flexibility index (Phi) is 4.25. The fourth-order valence-electron chi connectivity index (χ4n) is 3.43. The number of fused-ring (bicyclic) bond motifs is 1. The number of para-hydroxylation sites is 1. The fourth-order valence-corrected chi connectivity index (χ4v) is 3.65. The van der Waals surface area contributed by atoms with E-state index in [1.807, 2.05) is 24.3 Å². The van der Waals surface area contributed by atoms with Crippen molar-refractivity contribution in [3.63, 3.8) is 0 Å². The van der Waals surface area contributed by atoms with Crippen molar-refractivity contribution < 1.29 is 9.15 Å². The highest BCUT2D eigenvalue weighted by molar-refractivity contribution is 6.34. The quantitative estimate of drug-likeness (QED) is 0.827. The highest BCUT2D eigenvalue weighted by Crippen LogP contribution is 2.40. The van der Waals surface area contributed by atoms with Crippen LogP contribution in [0.25, 0.3) is 11.0 Å². The van der Waals surface area contributed by atoms with E-state index in [4.69, 9.17) is 26.5 Å². The zero-order chi connectivity index (χ0) is 14.9. The Labute approximate surface area is 130 Å². The number of hydrogen-bond acceptors (Lipinski definition) is 3. The second-order valence-corrected chi connectivity index (χ2v) is 6.37. The Bertz CT molecular complexity index is 614. The molecule has 1 aromatic carbocycles. The first-order valence-electron chi connectivity index (χ1n) is 7.65. The van der Waals surface area contributed by atoms with Crippen LogP contribution in [0.5, 0.6) is 0 Å². The van der Waals surface area contributed by atoms with Gasteiger partial charge in [-0.05, 0) is 25.0 Å². The second-order valence-electron chi connectivity index (χ2n) is 5.97. The number of furan rings is 1. The van der Waals surface area contributed by atoms with Crippen LogP contribution in [0.4, 0.5) is 0 Å². The largest absolute Gasteiger partial charge is 0.458 e. The van der Waals surface area contributed by atoms with E-state index in [-0.39, 0.29) is 11.6 Å². The average Bonchev–Trinajstić information content (AvgIpc) is 2.79. The molecular formula is C17H22ClNO2. The van der Waals surface area contributed by atoms with Gasteiger partial charge < -0.3 is 14.9 Å². The van der Waals surface area contributed by atoms with Crippen molar-refractivity contribution in [1.29, 1.82) is 0 Å². The Morgan fingerprint density at radius 1 is 1.24 bits per heavy atom. The van der Waals surface area contributed by atoms with Gasteiger partial charge >= 0.3 is 0 Å². The molecule has 1 fully saturated rings. The first kappa shape index (κ1) is 14.9. The van der Waals surface area contributed by atoms with Gasteiger partial charge in [-0.3, -0.25) is 0 Å². The summed E-state index contributed by atoms with van der Waals surface area (Å²) in [6, 6.07) is 7.49. The van der Waals surface area contributed by atoms with Gasteiger partial charge in [-0.25, -0.2) is 0 Å². The summed E-state index contributed by atoms with van der Waals surface area (Å²) in [4.78, 5) is 0. The molecule has 0 bridgehead atoms. The maximum absolute atomic E-state index is 6.54. The van der Waals surface area contributed by atoms with Crippen molar-refractivity contribution in [2.75, 3.05) is 7.11 Å².